The van der Waals surface area contributed by atoms with Gasteiger partial charge in [0.05, 0.1) is 5.56 Å². The molecule has 2 aromatic rings. The minimum absolute atomic E-state index is 0.0149. The van der Waals surface area contributed by atoms with Crippen LogP contribution in [0.3, 0.4) is 0 Å². The van der Waals surface area contributed by atoms with E-state index in [2.05, 4.69) is 31.5 Å². The van der Waals surface area contributed by atoms with Crippen LogP contribution >= 0.6 is 27.7 Å². The third-order valence-electron chi connectivity index (χ3n) is 3.68. The summed E-state index contributed by atoms with van der Waals surface area (Å²) >= 11 is 4.89. The number of benzene rings is 1. The van der Waals surface area contributed by atoms with Crippen molar-refractivity contribution in [1.82, 2.24) is 15.6 Å². The molecule has 120 valence electrons. The summed E-state index contributed by atoms with van der Waals surface area (Å²) in [6.07, 6.45) is 3.89. The highest BCUT2D eigenvalue weighted by Gasteiger charge is 2.18. The predicted octanol–water partition coefficient (Wildman–Crippen LogP) is 3.48. The topological polar surface area (TPSA) is 54.0 Å². The van der Waals surface area contributed by atoms with Gasteiger partial charge in [0.15, 0.2) is 0 Å². The van der Waals surface area contributed by atoms with Crippen LogP contribution in [0.4, 0.5) is 0 Å². The van der Waals surface area contributed by atoms with E-state index in [0.29, 0.717) is 5.56 Å². The second-order valence-electron chi connectivity index (χ2n) is 5.43. The lowest BCUT2D eigenvalue weighted by atomic mass is 10.1. The van der Waals surface area contributed by atoms with Gasteiger partial charge in [-0.15, -0.1) is 0 Å². The van der Waals surface area contributed by atoms with Crippen molar-refractivity contribution in [3.05, 3.63) is 52.6 Å². The molecule has 4 nitrogen and oxygen atoms in total. The molecule has 6 heteroatoms. The number of halogens is 1. The number of nitrogens with zero attached hydrogens (tertiary/aromatic N) is 1. The normalized spacial score (nSPS) is 17.7. The molecule has 0 bridgehead atoms. The summed E-state index contributed by atoms with van der Waals surface area (Å²) < 4.78 is 0.942. The van der Waals surface area contributed by atoms with Crippen molar-refractivity contribution in [2.45, 2.75) is 28.8 Å². The number of nitrogens with one attached hydrogen (secondary N) is 2. The van der Waals surface area contributed by atoms with Gasteiger partial charge < -0.3 is 10.6 Å². The van der Waals surface area contributed by atoms with Crippen molar-refractivity contribution in [3.63, 3.8) is 0 Å². The van der Waals surface area contributed by atoms with Crippen LogP contribution in [0.1, 0.15) is 23.2 Å². The molecule has 1 aromatic carbocycles. The summed E-state index contributed by atoms with van der Waals surface area (Å²) in [5.41, 5.74) is 0.702. The Balaban J connectivity index is 1.74. The van der Waals surface area contributed by atoms with Gasteiger partial charge in [-0.1, -0.05) is 23.9 Å². The van der Waals surface area contributed by atoms with Crippen LogP contribution in [0.5, 0.6) is 0 Å². The number of carbonyl (C=O) groups is 1. The molecule has 1 aliphatic heterocycles. The lowest BCUT2D eigenvalue weighted by Gasteiger charge is -2.24. The van der Waals surface area contributed by atoms with E-state index in [1.807, 2.05) is 36.4 Å². The van der Waals surface area contributed by atoms with Crippen LogP contribution in [-0.2, 0) is 0 Å². The van der Waals surface area contributed by atoms with Gasteiger partial charge in [-0.3, -0.25) is 4.79 Å². The smallest absolute Gasteiger partial charge is 0.252 e. The number of pyridine rings is 1. The van der Waals surface area contributed by atoms with E-state index in [1.165, 1.54) is 11.8 Å². The zero-order chi connectivity index (χ0) is 16.1. The molecular weight excluding hydrogens is 374 g/mol. The molecule has 1 atom stereocenters. The van der Waals surface area contributed by atoms with E-state index in [4.69, 9.17) is 0 Å². The van der Waals surface area contributed by atoms with Crippen LogP contribution in [0.15, 0.2) is 57.0 Å². The van der Waals surface area contributed by atoms with Gasteiger partial charge in [-0.2, -0.15) is 0 Å². The number of hydrogen-bond donors (Lipinski definition) is 2. The number of rotatable bonds is 4. The predicted molar refractivity (Wildman–Crippen MR) is 95.9 cm³/mol. The first-order chi connectivity index (χ1) is 11.2. The van der Waals surface area contributed by atoms with Crippen molar-refractivity contribution >= 4 is 33.6 Å². The summed E-state index contributed by atoms with van der Waals surface area (Å²) in [4.78, 5) is 17.9. The molecule has 23 heavy (non-hydrogen) atoms. The first-order valence-electron chi connectivity index (χ1n) is 7.62. The molecule has 1 aromatic heterocycles. The minimum Gasteiger partial charge on any atom is -0.348 e. The quantitative estimate of drug-likeness (QED) is 0.837. The van der Waals surface area contributed by atoms with Crippen molar-refractivity contribution in [3.8, 4) is 0 Å². The summed E-state index contributed by atoms with van der Waals surface area (Å²) in [5.74, 6) is -0.0149. The largest absolute Gasteiger partial charge is 0.348 e. The van der Waals surface area contributed by atoms with Crippen LogP contribution < -0.4 is 10.6 Å². The molecule has 2 N–H and O–H groups in total. The molecule has 0 unspecified atom stereocenters. The number of carbonyl (C=O) groups excluding carboxylic acids is 1. The lowest BCUT2D eigenvalue weighted by Crippen LogP contribution is -2.45. The second-order valence-corrected chi connectivity index (χ2v) is 7.41. The van der Waals surface area contributed by atoms with E-state index in [0.717, 1.165) is 40.3 Å². The molecule has 0 saturated carbocycles. The maximum absolute atomic E-state index is 12.6. The van der Waals surface area contributed by atoms with Crippen LogP contribution in [0, 0.1) is 0 Å². The molecular formula is C17H18BrN3OS. The standard InChI is InChI=1S/C17H18BrN3OS/c18-12-7-8-16(20-10-12)23-15-6-2-1-5-14(15)17(22)21-13-4-3-9-19-11-13/h1-2,5-8,10,13,19H,3-4,9,11H2,(H,21,22)/t13-/m0/s1. The minimum atomic E-state index is -0.0149. The first-order valence-corrected chi connectivity index (χ1v) is 9.23. The van der Waals surface area contributed by atoms with Gasteiger partial charge in [0.1, 0.15) is 5.03 Å². The Labute approximate surface area is 148 Å². The van der Waals surface area contributed by atoms with E-state index in [9.17, 15) is 4.79 Å². The highest BCUT2D eigenvalue weighted by atomic mass is 79.9. The third kappa shape index (κ3) is 4.56. The average Bonchev–Trinajstić information content (AvgIpc) is 2.58. The summed E-state index contributed by atoms with van der Waals surface area (Å²) in [6, 6.07) is 11.8. The number of hydrogen-bond acceptors (Lipinski definition) is 4. The molecule has 1 amide bonds. The third-order valence-corrected chi connectivity index (χ3v) is 5.17. The SMILES string of the molecule is O=C(N[C@H]1CCCNC1)c1ccccc1Sc1ccc(Br)cn1. The Hall–Kier alpha value is -1.37. The van der Waals surface area contributed by atoms with E-state index < -0.39 is 0 Å². The molecule has 0 spiro atoms. The van der Waals surface area contributed by atoms with E-state index in [-0.39, 0.29) is 11.9 Å². The van der Waals surface area contributed by atoms with Gasteiger partial charge >= 0.3 is 0 Å². The van der Waals surface area contributed by atoms with Crippen LogP contribution in [-0.4, -0.2) is 30.0 Å². The fourth-order valence-electron chi connectivity index (χ4n) is 2.52. The fourth-order valence-corrected chi connectivity index (χ4v) is 3.64. The summed E-state index contributed by atoms with van der Waals surface area (Å²) in [7, 11) is 0. The molecule has 1 aliphatic rings. The van der Waals surface area contributed by atoms with Crippen molar-refractivity contribution in [2.75, 3.05) is 13.1 Å². The molecule has 0 aliphatic carbocycles. The summed E-state index contributed by atoms with van der Waals surface area (Å²) in [5, 5.41) is 7.31. The lowest BCUT2D eigenvalue weighted by molar-refractivity contribution is 0.0927. The molecule has 0 radical (unpaired) electrons. The molecule has 2 heterocycles. The zero-order valence-electron chi connectivity index (χ0n) is 12.6. The molecule has 3 rings (SSSR count). The summed E-state index contributed by atoms with van der Waals surface area (Å²) in [6.45, 7) is 1.88. The van der Waals surface area contributed by atoms with Gasteiger partial charge in [0.2, 0.25) is 0 Å². The van der Waals surface area contributed by atoms with E-state index in [1.54, 1.807) is 6.20 Å². The highest BCUT2D eigenvalue weighted by Crippen LogP contribution is 2.29. The van der Waals surface area contributed by atoms with Gasteiger partial charge in [-0.05, 0) is 59.6 Å². The monoisotopic (exact) mass is 391 g/mol. The zero-order valence-corrected chi connectivity index (χ0v) is 15.0. The van der Waals surface area contributed by atoms with Gasteiger partial charge in [-0.25, -0.2) is 4.98 Å². The molecule has 1 saturated heterocycles. The number of piperidine rings is 1. The fraction of sp³-hybridized carbons (Fsp3) is 0.294. The van der Waals surface area contributed by atoms with Gasteiger partial charge in [0, 0.05) is 28.2 Å². The van der Waals surface area contributed by atoms with Crippen molar-refractivity contribution in [1.29, 1.82) is 0 Å². The Kier molecular flexibility index (Phi) is 5.70. The maximum atomic E-state index is 12.6. The van der Waals surface area contributed by atoms with Crippen molar-refractivity contribution < 1.29 is 4.79 Å². The first kappa shape index (κ1) is 16.5. The van der Waals surface area contributed by atoms with Gasteiger partial charge in [0.25, 0.3) is 5.91 Å². The Morgan fingerprint density at radius 1 is 1.30 bits per heavy atom. The Morgan fingerprint density at radius 3 is 2.91 bits per heavy atom. The van der Waals surface area contributed by atoms with Crippen LogP contribution in [0.25, 0.3) is 0 Å². The van der Waals surface area contributed by atoms with Crippen LogP contribution in [0.2, 0.25) is 0 Å². The molecule has 1 fully saturated rings. The maximum Gasteiger partial charge on any atom is 0.252 e. The van der Waals surface area contributed by atoms with E-state index >= 15 is 0 Å². The van der Waals surface area contributed by atoms with Crippen molar-refractivity contribution in [2.24, 2.45) is 0 Å². The Morgan fingerprint density at radius 2 is 2.17 bits per heavy atom. The number of aromatic nitrogens is 1. The highest BCUT2D eigenvalue weighted by molar-refractivity contribution is 9.10. The Bertz CT molecular complexity index is 672. The second kappa shape index (κ2) is 7.95. The number of amides is 1. The average molecular weight is 392 g/mol.